The summed E-state index contributed by atoms with van der Waals surface area (Å²) in [7, 11) is -5.32. The van der Waals surface area contributed by atoms with Gasteiger partial charge in [-0.3, -0.25) is 0 Å². The van der Waals surface area contributed by atoms with Crippen molar-refractivity contribution in [1.82, 2.24) is 4.31 Å². The minimum absolute atomic E-state index is 0. The second-order valence-electron chi connectivity index (χ2n) is 4.60. The van der Waals surface area contributed by atoms with Crippen LogP contribution in [0, 0.1) is 5.92 Å². The molecule has 1 saturated carbocycles. The first kappa shape index (κ1) is 18.1. The minimum Gasteiger partial charge on any atom is -0.329 e. The second-order valence-corrected chi connectivity index (χ2v) is 9.01. The largest absolute Gasteiger partial charge is 0.329 e. The van der Waals surface area contributed by atoms with Crippen LogP contribution in [0.3, 0.4) is 0 Å². The fourth-order valence-corrected chi connectivity index (χ4v) is 4.74. The summed E-state index contributed by atoms with van der Waals surface area (Å²) in [6, 6.07) is -0.195. The third-order valence-corrected chi connectivity index (χ3v) is 6.10. The molecule has 1 atom stereocenters. The Morgan fingerprint density at radius 3 is 2.06 bits per heavy atom. The summed E-state index contributed by atoms with van der Waals surface area (Å²) in [5, 5.41) is 0. The molecule has 0 radical (unpaired) electrons. The molecule has 0 bridgehead atoms. The fourth-order valence-electron chi connectivity index (χ4n) is 1.73. The summed E-state index contributed by atoms with van der Waals surface area (Å²) >= 11 is 0. The van der Waals surface area contributed by atoms with E-state index in [9.17, 15) is 16.8 Å². The van der Waals surface area contributed by atoms with Gasteiger partial charge in [-0.05, 0) is 18.8 Å². The van der Waals surface area contributed by atoms with E-state index < -0.39 is 19.9 Å². The number of nitrogens with two attached hydrogens (primary N) is 1. The van der Waals surface area contributed by atoms with Crippen molar-refractivity contribution in [3.8, 4) is 0 Å². The zero-order valence-electron chi connectivity index (χ0n) is 10.6. The van der Waals surface area contributed by atoms with Gasteiger partial charge in [0.1, 0.15) is 9.84 Å². The van der Waals surface area contributed by atoms with Gasteiger partial charge < -0.3 is 5.73 Å². The highest BCUT2D eigenvalue weighted by Gasteiger charge is 2.37. The van der Waals surface area contributed by atoms with E-state index in [2.05, 4.69) is 0 Å². The highest BCUT2D eigenvalue weighted by atomic mass is 35.5. The van der Waals surface area contributed by atoms with E-state index in [0.717, 1.165) is 19.1 Å². The minimum atomic E-state index is -3.54. The molecule has 0 aromatic heterocycles. The molecule has 18 heavy (non-hydrogen) atoms. The average molecular weight is 321 g/mol. The van der Waals surface area contributed by atoms with Crippen LogP contribution in [0.4, 0.5) is 0 Å². The van der Waals surface area contributed by atoms with Crippen molar-refractivity contribution in [3.05, 3.63) is 0 Å². The second kappa shape index (κ2) is 6.51. The molecule has 6 nitrogen and oxygen atoms in total. The first-order valence-electron chi connectivity index (χ1n) is 5.51. The zero-order valence-corrected chi connectivity index (χ0v) is 13.0. The van der Waals surface area contributed by atoms with Crippen LogP contribution in [-0.4, -0.2) is 58.5 Å². The molecule has 0 aromatic carbocycles. The molecule has 0 amide bonds. The van der Waals surface area contributed by atoms with Gasteiger partial charge in [-0.15, -0.1) is 12.4 Å². The lowest BCUT2D eigenvalue weighted by Gasteiger charge is -2.26. The Morgan fingerprint density at radius 1 is 1.22 bits per heavy atom. The Bertz CT molecular complexity index is 459. The van der Waals surface area contributed by atoms with Crippen LogP contribution in [0.2, 0.25) is 0 Å². The molecule has 1 rings (SSSR count). The number of sulfone groups is 1. The normalized spacial score (nSPS) is 18.4. The zero-order chi connectivity index (χ0) is 13.3. The number of nitrogens with zero attached hydrogens (tertiary/aromatic N) is 1. The van der Waals surface area contributed by atoms with E-state index in [4.69, 9.17) is 5.73 Å². The first-order chi connectivity index (χ1) is 7.67. The quantitative estimate of drug-likeness (QED) is 0.679. The summed E-state index contributed by atoms with van der Waals surface area (Å²) in [4.78, 5) is 0. The van der Waals surface area contributed by atoms with Crippen molar-refractivity contribution in [2.75, 3.05) is 31.4 Å². The van der Waals surface area contributed by atoms with Gasteiger partial charge in [0, 0.05) is 25.9 Å². The molecule has 0 heterocycles. The van der Waals surface area contributed by atoms with Gasteiger partial charge >= 0.3 is 0 Å². The van der Waals surface area contributed by atoms with E-state index in [1.54, 1.807) is 0 Å². The standard InChI is InChI=1S/C9H20N2O4S2.ClH/c1-11(9(7-10)8-3-4-8)17(14,15)6-5-16(2,12)13;/h8-9H,3-7,10H2,1-2H3;1H. The Labute approximate surface area is 115 Å². The summed E-state index contributed by atoms with van der Waals surface area (Å²) in [5.41, 5.74) is 5.57. The van der Waals surface area contributed by atoms with Crippen molar-refractivity contribution in [1.29, 1.82) is 0 Å². The average Bonchev–Trinajstić information content (AvgIpc) is 2.99. The number of rotatable bonds is 7. The monoisotopic (exact) mass is 320 g/mol. The molecule has 0 spiro atoms. The Balaban J connectivity index is 0.00000289. The van der Waals surface area contributed by atoms with Gasteiger partial charge in [0.25, 0.3) is 0 Å². The maximum atomic E-state index is 11.9. The van der Waals surface area contributed by atoms with E-state index in [-0.39, 0.29) is 36.5 Å². The van der Waals surface area contributed by atoms with E-state index in [1.807, 2.05) is 0 Å². The van der Waals surface area contributed by atoms with E-state index in [1.165, 1.54) is 11.4 Å². The van der Waals surface area contributed by atoms with Gasteiger partial charge in [-0.2, -0.15) is 0 Å². The SMILES string of the molecule is CN(C(CN)C1CC1)S(=O)(=O)CCS(C)(=O)=O.Cl. The smallest absolute Gasteiger partial charge is 0.215 e. The van der Waals surface area contributed by atoms with Crippen LogP contribution in [-0.2, 0) is 19.9 Å². The number of likely N-dealkylation sites (N-methyl/N-ethyl adjacent to an activating group) is 1. The fraction of sp³-hybridized carbons (Fsp3) is 1.00. The summed E-state index contributed by atoms with van der Waals surface area (Å²) in [6.45, 7) is 0.277. The molecule has 1 fully saturated rings. The molecule has 0 aliphatic heterocycles. The third-order valence-electron chi connectivity index (χ3n) is 3.03. The lowest BCUT2D eigenvalue weighted by molar-refractivity contribution is 0.341. The topological polar surface area (TPSA) is 97.5 Å². The van der Waals surface area contributed by atoms with E-state index in [0.29, 0.717) is 5.92 Å². The van der Waals surface area contributed by atoms with Crippen LogP contribution in [0.15, 0.2) is 0 Å². The lowest BCUT2D eigenvalue weighted by atomic mass is 10.2. The van der Waals surface area contributed by atoms with E-state index >= 15 is 0 Å². The third kappa shape index (κ3) is 5.40. The molecule has 110 valence electrons. The van der Waals surface area contributed by atoms with Crippen molar-refractivity contribution in [3.63, 3.8) is 0 Å². The molecule has 9 heteroatoms. The predicted molar refractivity (Wildman–Crippen MR) is 74.1 cm³/mol. The van der Waals surface area contributed by atoms with Crippen LogP contribution in [0.5, 0.6) is 0 Å². The molecule has 1 aliphatic rings. The van der Waals surface area contributed by atoms with Gasteiger partial charge in [-0.1, -0.05) is 0 Å². The number of hydrogen-bond acceptors (Lipinski definition) is 5. The molecular formula is C9H21ClN2O4S2. The van der Waals surface area contributed by atoms with Gasteiger partial charge in [-0.25, -0.2) is 21.1 Å². The molecule has 1 unspecified atom stereocenters. The lowest BCUT2D eigenvalue weighted by Crippen LogP contribution is -2.44. The van der Waals surface area contributed by atoms with Gasteiger partial charge in [0.2, 0.25) is 10.0 Å². The van der Waals surface area contributed by atoms with Crippen LogP contribution in [0.1, 0.15) is 12.8 Å². The molecule has 0 saturated heterocycles. The Kier molecular flexibility index (Phi) is 6.55. The van der Waals surface area contributed by atoms with Crippen molar-refractivity contribution >= 4 is 32.3 Å². The molecule has 0 aromatic rings. The number of hydrogen-bond donors (Lipinski definition) is 1. The molecule has 1 aliphatic carbocycles. The van der Waals surface area contributed by atoms with Crippen LogP contribution >= 0.6 is 12.4 Å². The molecular weight excluding hydrogens is 300 g/mol. The summed E-state index contributed by atoms with van der Waals surface area (Å²) < 4.78 is 47.0. The van der Waals surface area contributed by atoms with Gasteiger partial charge in [0.05, 0.1) is 11.5 Å². The van der Waals surface area contributed by atoms with Gasteiger partial charge in [0.15, 0.2) is 0 Å². The maximum absolute atomic E-state index is 11.9. The summed E-state index contributed by atoms with van der Waals surface area (Å²) in [5.74, 6) is -0.384. The van der Waals surface area contributed by atoms with Crippen molar-refractivity contribution in [2.45, 2.75) is 18.9 Å². The number of halogens is 1. The summed E-state index contributed by atoms with van der Waals surface area (Å²) in [6.07, 6.45) is 3.02. The van der Waals surface area contributed by atoms with Crippen molar-refractivity contribution < 1.29 is 16.8 Å². The maximum Gasteiger partial charge on any atom is 0.215 e. The highest BCUT2D eigenvalue weighted by molar-refractivity contribution is 7.93. The first-order valence-corrected chi connectivity index (χ1v) is 9.18. The van der Waals surface area contributed by atoms with Crippen LogP contribution in [0.25, 0.3) is 0 Å². The molecule has 2 N–H and O–H groups in total. The predicted octanol–water partition coefficient (Wildman–Crippen LogP) is -0.548. The number of sulfonamides is 1. The Hall–Kier alpha value is 0.110. The van der Waals surface area contributed by atoms with Crippen LogP contribution < -0.4 is 5.73 Å². The van der Waals surface area contributed by atoms with Crippen molar-refractivity contribution in [2.24, 2.45) is 11.7 Å². The highest BCUT2D eigenvalue weighted by Crippen LogP contribution is 2.35. The Morgan fingerprint density at radius 2 is 1.72 bits per heavy atom.